The normalized spacial score (nSPS) is 25.5. The molecule has 42 heavy (non-hydrogen) atoms. The first-order chi connectivity index (χ1) is 20.2. The molecular formula is C35H52FN3O2S. The number of carboxylic acid groups (broad SMARTS) is 1. The van der Waals surface area contributed by atoms with Gasteiger partial charge in [0, 0.05) is 23.9 Å². The second-order valence-electron chi connectivity index (χ2n) is 13.8. The van der Waals surface area contributed by atoms with Crippen molar-refractivity contribution in [3.8, 4) is 0 Å². The fraction of sp³-hybridized carbons (Fsp3) is 0.714. The number of benzene rings is 1. The fourth-order valence-corrected chi connectivity index (χ4v) is 9.79. The zero-order valence-corrected chi connectivity index (χ0v) is 27.1. The quantitative estimate of drug-likeness (QED) is 0.287. The van der Waals surface area contributed by atoms with E-state index in [1.54, 1.807) is 10.9 Å². The monoisotopic (exact) mass is 597 g/mol. The van der Waals surface area contributed by atoms with Crippen molar-refractivity contribution in [2.24, 2.45) is 17.8 Å². The van der Waals surface area contributed by atoms with Crippen LogP contribution in [0, 0.1) is 23.6 Å². The van der Waals surface area contributed by atoms with Gasteiger partial charge in [-0.2, -0.15) is 0 Å². The van der Waals surface area contributed by atoms with E-state index in [9.17, 15) is 14.3 Å². The molecule has 1 N–H and O–H groups in total. The first-order valence-electron chi connectivity index (χ1n) is 16.6. The van der Waals surface area contributed by atoms with Crippen LogP contribution in [0.4, 0.5) is 4.39 Å². The summed E-state index contributed by atoms with van der Waals surface area (Å²) >= 11 is 2.01. The summed E-state index contributed by atoms with van der Waals surface area (Å²) in [6.45, 7) is 9.39. The molecule has 232 valence electrons. The highest BCUT2D eigenvalue weighted by molar-refractivity contribution is 7.11. The average molecular weight is 598 g/mol. The van der Waals surface area contributed by atoms with Crippen LogP contribution >= 0.6 is 11.3 Å². The van der Waals surface area contributed by atoms with Gasteiger partial charge >= 0.3 is 5.97 Å². The molecule has 4 atom stereocenters. The summed E-state index contributed by atoms with van der Waals surface area (Å²) in [6.07, 6.45) is 13.3. The van der Waals surface area contributed by atoms with E-state index in [2.05, 4.69) is 22.8 Å². The van der Waals surface area contributed by atoms with Crippen LogP contribution in [-0.4, -0.2) is 64.6 Å². The molecule has 0 spiro atoms. The molecule has 1 aromatic heterocycles. The number of thiazole rings is 1. The maximum atomic E-state index is 14.3. The van der Waals surface area contributed by atoms with Gasteiger partial charge in [-0.1, -0.05) is 65.0 Å². The molecule has 1 aromatic carbocycles. The van der Waals surface area contributed by atoms with Gasteiger partial charge < -0.3 is 10.0 Å². The number of halogens is 1. The molecule has 1 aliphatic heterocycles. The van der Waals surface area contributed by atoms with Crippen LogP contribution in [0.3, 0.4) is 0 Å². The number of hydrogen-bond donors (Lipinski definition) is 1. The highest BCUT2D eigenvalue weighted by Gasteiger charge is 2.42. The van der Waals surface area contributed by atoms with Crippen molar-refractivity contribution >= 4 is 17.3 Å². The number of hydrogen-bond acceptors (Lipinski definition) is 5. The van der Waals surface area contributed by atoms with Crippen molar-refractivity contribution in [2.75, 3.05) is 26.7 Å². The number of likely N-dealkylation sites (tertiary alicyclic amines) is 1. The number of rotatable bonds is 11. The van der Waals surface area contributed by atoms with Gasteiger partial charge in [0.25, 0.3) is 0 Å². The van der Waals surface area contributed by atoms with E-state index in [-0.39, 0.29) is 23.7 Å². The number of aryl methyl sites for hydroxylation is 1. The molecule has 2 saturated carbocycles. The third-order valence-corrected chi connectivity index (χ3v) is 11.9. The van der Waals surface area contributed by atoms with Gasteiger partial charge in [0.2, 0.25) is 0 Å². The molecule has 5 nitrogen and oxygen atoms in total. The summed E-state index contributed by atoms with van der Waals surface area (Å²) in [5, 5.41) is 11.3. The molecule has 2 heterocycles. The van der Waals surface area contributed by atoms with E-state index in [0.717, 1.165) is 50.4 Å². The number of nitrogens with zero attached hydrogens (tertiary/aromatic N) is 3. The molecule has 0 radical (unpaired) electrons. The van der Waals surface area contributed by atoms with Crippen molar-refractivity contribution < 1.29 is 14.3 Å². The third-order valence-electron chi connectivity index (χ3n) is 10.6. The minimum absolute atomic E-state index is 0.0288. The number of carboxylic acids is 1. The smallest absolute Gasteiger partial charge is 0.321 e. The molecule has 0 amide bonds. The minimum atomic E-state index is -0.753. The standard InChI is InChI=1S/C35H52FN3O2S/c1-5-31-34(42-32(37-31)18-24-10-7-6-8-11-24)25-14-16-39(17-15-25)22-27-20-29(38(4)33(23(2)3)35(40)41)21-30(27)26-12-9-13-28(36)19-26/h9,12-13,19,23-25,27,29-30,33H,5-8,10-11,14-18,20-22H2,1-4H3,(H,40,41)/t27?,29?,30?,33-/m1/s1. The van der Waals surface area contributed by atoms with Crippen LogP contribution in [0.5, 0.6) is 0 Å². The Morgan fingerprint density at radius 2 is 1.88 bits per heavy atom. The van der Waals surface area contributed by atoms with Crippen molar-refractivity contribution in [1.82, 2.24) is 14.8 Å². The number of carbonyl (C=O) groups is 1. The van der Waals surface area contributed by atoms with E-state index >= 15 is 0 Å². The summed E-state index contributed by atoms with van der Waals surface area (Å²) in [5.41, 5.74) is 2.40. The topological polar surface area (TPSA) is 56.7 Å². The Labute approximate surface area is 256 Å². The van der Waals surface area contributed by atoms with Crippen LogP contribution < -0.4 is 0 Å². The summed E-state index contributed by atoms with van der Waals surface area (Å²) < 4.78 is 14.3. The molecule has 1 saturated heterocycles. The molecule has 5 rings (SSSR count). The molecule has 0 bridgehead atoms. The Morgan fingerprint density at radius 3 is 2.52 bits per heavy atom. The first-order valence-corrected chi connectivity index (χ1v) is 17.5. The molecule has 3 fully saturated rings. The van der Waals surface area contributed by atoms with Crippen LogP contribution in [0.15, 0.2) is 24.3 Å². The lowest BCUT2D eigenvalue weighted by molar-refractivity contribution is -0.145. The van der Waals surface area contributed by atoms with E-state index in [1.165, 1.54) is 68.1 Å². The van der Waals surface area contributed by atoms with E-state index in [0.29, 0.717) is 11.8 Å². The van der Waals surface area contributed by atoms with E-state index in [4.69, 9.17) is 4.98 Å². The SMILES string of the molecule is CCc1nc(CC2CCCCC2)sc1C1CCN(CC2CC(N(C)[C@@H](C(=O)O)C(C)C)CC2c2cccc(F)c2)CC1. The Morgan fingerprint density at radius 1 is 1.14 bits per heavy atom. The number of aliphatic carboxylic acids is 1. The average Bonchev–Trinajstić information content (AvgIpc) is 3.58. The number of piperidine rings is 1. The second kappa shape index (κ2) is 14.3. The molecule has 3 aliphatic rings. The summed E-state index contributed by atoms with van der Waals surface area (Å²) in [7, 11) is 1.98. The molecule has 2 aromatic rings. The zero-order valence-electron chi connectivity index (χ0n) is 26.2. The molecule has 3 unspecified atom stereocenters. The van der Waals surface area contributed by atoms with Crippen molar-refractivity contribution in [3.05, 3.63) is 51.2 Å². The van der Waals surface area contributed by atoms with Crippen molar-refractivity contribution in [3.63, 3.8) is 0 Å². The van der Waals surface area contributed by atoms with Crippen molar-refractivity contribution in [1.29, 1.82) is 0 Å². The summed E-state index contributed by atoms with van der Waals surface area (Å²) in [5.74, 6) is 1.15. The predicted molar refractivity (Wildman–Crippen MR) is 170 cm³/mol. The third kappa shape index (κ3) is 7.44. The van der Waals surface area contributed by atoms with Gasteiger partial charge in [-0.05, 0) is 99.5 Å². The first kappa shape index (κ1) is 31.6. The lowest BCUT2D eigenvalue weighted by atomic mass is 9.87. The number of aromatic nitrogens is 1. The Hall–Kier alpha value is -1.83. The van der Waals surface area contributed by atoms with Gasteiger partial charge in [-0.3, -0.25) is 9.69 Å². The highest BCUT2D eigenvalue weighted by Crippen LogP contribution is 2.44. The van der Waals surface area contributed by atoms with E-state index < -0.39 is 12.0 Å². The van der Waals surface area contributed by atoms with Gasteiger partial charge in [-0.15, -0.1) is 11.3 Å². The Kier molecular flexibility index (Phi) is 10.8. The van der Waals surface area contributed by atoms with Crippen molar-refractivity contribution in [2.45, 2.75) is 115 Å². The maximum Gasteiger partial charge on any atom is 0.321 e. The molecule has 7 heteroatoms. The minimum Gasteiger partial charge on any atom is -0.480 e. The predicted octanol–water partition coefficient (Wildman–Crippen LogP) is 7.75. The summed E-state index contributed by atoms with van der Waals surface area (Å²) in [6, 6.07) is 6.77. The van der Waals surface area contributed by atoms with Crippen LogP contribution in [0.25, 0.3) is 0 Å². The zero-order chi connectivity index (χ0) is 29.8. The lowest BCUT2D eigenvalue weighted by Gasteiger charge is -2.35. The molecule has 2 aliphatic carbocycles. The van der Waals surface area contributed by atoms with E-state index in [1.807, 2.05) is 38.3 Å². The Bertz CT molecular complexity index is 1170. The van der Waals surface area contributed by atoms with Crippen LogP contribution in [0.2, 0.25) is 0 Å². The highest BCUT2D eigenvalue weighted by atomic mass is 32.1. The second-order valence-corrected chi connectivity index (χ2v) is 14.9. The molecular weight excluding hydrogens is 545 g/mol. The van der Waals surface area contributed by atoms with Gasteiger partial charge in [0.05, 0.1) is 10.7 Å². The van der Waals surface area contributed by atoms with Gasteiger partial charge in [0.15, 0.2) is 0 Å². The lowest BCUT2D eigenvalue weighted by Crippen LogP contribution is -2.47. The fourth-order valence-electron chi connectivity index (χ4n) is 8.35. The van der Waals surface area contributed by atoms with Crippen LogP contribution in [0.1, 0.15) is 112 Å². The van der Waals surface area contributed by atoms with Gasteiger partial charge in [-0.25, -0.2) is 9.37 Å². The number of likely N-dealkylation sites (N-methyl/N-ethyl adjacent to an activating group) is 1. The van der Waals surface area contributed by atoms with Gasteiger partial charge in [0.1, 0.15) is 11.9 Å². The summed E-state index contributed by atoms with van der Waals surface area (Å²) in [4.78, 5) is 23.5. The largest absolute Gasteiger partial charge is 0.480 e. The van der Waals surface area contributed by atoms with Crippen LogP contribution in [-0.2, 0) is 17.6 Å². The Balaban J connectivity index is 1.24. The maximum absolute atomic E-state index is 14.3.